The number of pyridine rings is 1. The number of nitrogens with one attached hydrogen (secondary N) is 1. The first-order chi connectivity index (χ1) is 11.5. The number of hydrogen-bond donors (Lipinski definition) is 1. The van der Waals surface area contributed by atoms with Gasteiger partial charge in [-0.15, -0.1) is 0 Å². The van der Waals surface area contributed by atoms with Crippen molar-refractivity contribution in [2.75, 3.05) is 6.26 Å². The molecule has 0 amide bonds. The number of ether oxygens (including phenoxy) is 1. The second-order valence-electron chi connectivity index (χ2n) is 5.41. The minimum Gasteiger partial charge on any atom is -0.421 e. The fraction of sp³-hybridized carbons (Fsp3) is 0.429. The van der Waals surface area contributed by atoms with Crippen LogP contribution in [0.3, 0.4) is 0 Å². The van der Waals surface area contributed by atoms with Gasteiger partial charge in [0, 0.05) is 32.0 Å². The fourth-order valence-electron chi connectivity index (χ4n) is 1.80. The molecule has 1 atom stereocenters. The summed E-state index contributed by atoms with van der Waals surface area (Å²) in [6, 6.07) is 5.49. The largest absolute Gasteiger partial charge is 0.435 e. The fourth-order valence-corrected chi connectivity index (χ4v) is 2.19. The summed E-state index contributed by atoms with van der Waals surface area (Å²) in [5.74, 6) is -0.0440. The number of alkyl halides is 3. The highest BCUT2D eigenvalue weighted by Crippen LogP contribution is 2.31. The van der Waals surface area contributed by atoms with Gasteiger partial charge in [-0.25, -0.2) is 18.1 Å². The van der Waals surface area contributed by atoms with Crippen LogP contribution in [0.5, 0.6) is 11.8 Å². The van der Waals surface area contributed by atoms with Crippen molar-refractivity contribution in [2.24, 2.45) is 7.05 Å². The highest BCUT2D eigenvalue weighted by atomic mass is 32.2. The summed E-state index contributed by atoms with van der Waals surface area (Å²) < 4.78 is 67.0. The van der Waals surface area contributed by atoms with E-state index in [1.807, 2.05) is 0 Å². The maximum Gasteiger partial charge on any atom is 0.435 e. The number of aromatic nitrogens is 3. The third-order valence-electron chi connectivity index (χ3n) is 3.33. The Balaban J connectivity index is 2.11. The molecule has 2 heterocycles. The second-order valence-corrected chi connectivity index (χ2v) is 7.78. The first-order valence-electron chi connectivity index (χ1n) is 7.14. The second kappa shape index (κ2) is 7.00. The van der Waals surface area contributed by atoms with Gasteiger partial charge < -0.3 is 4.74 Å². The lowest BCUT2D eigenvalue weighted by Crippen LogP contribution is -2.32. The van der Waals surface area contributed by atoms with Crippen LogP contribution in [-0.2, 0) is 29.6 Å². The molecule has 0 radical (unpaired) electrons. The maximum atomic E-state index is 12.7. The molecular weight excluding hydrogens is 361 g/mol. The van der Waals surface area contributed by atoms with E-state index < -0.39 is 27.1 Å². The number of sulfone groups is 1. The molecule has 0 saturated carbocycles. The number of aryl methyl sites for hydroxylation is 1. The molecule has 0 spiro atoms. The van der Waals surface area contributed by atoms with Gasteiger partial charge in [-0.1, -0.05) is 6.07 Å². The minimum absolute atomic E-state index is 0.0723. The van der Waals surface area contributed by atoms with E-state index in [4.69, 9.17) is 4.74 Å². The van der Waals surface area contributed by atoms with E-state index >= 15 is 0 Å². The van der Waals surface area contributed by atoms with Crippen molar-refractivity contribution in [3.05, 3.63) is 35.7 Å². The summed E-state index contributed by atoms with van der Waals surface area (Å²) in [4.78, 5) is 4.13. The lowest BCUT2D eigenvalue weighted by Gasteiger charge is -2.12. The monoisotopic (exact) mass is 378 g/mol. The van der Waals surface area contributed by atoms with Gasteiger partial charge in [0.05, 0.1) is 5.69 Å². The van der Waals surface area contributed by atoms with Gasteiger partial charge in [0.1, 0.15) is 5.37 Å². The zero-order valence-corrected chi connectivity index (χ0v) is 14.5. The normalized spacial score (nSPS) is 13.7. The molecule has 25 heavy (non-hydrogen) atoms. The molecule has 2 rings (SSSR count). The van der Waals surface area contributed by atoms with Crippen LogP contribution in [-0.4, -0.2) is 34.8 Å². The summed E-state index contributed by atoms with van der Waals surface area (Å²) >= 11 is 0. The Hall–Kier alpha value is -2.14. The van der Waals surface area contributed by atoms with Crippen LogP contribution in [0.15, 0.2) is 24.3 Å². The Bertz CT molecular complexity index is 849. The molecule has 0 aliphatic heterocycles. The van der Waals surface area contributed by atoms with E-state index in [2.05, 4.69) is 15.4 Å². The molecule has 0 fully saturated rings. The van der Waals surface area contributed by atoms with E-state index in [1.165, 1.54) is 20.0 Å². The van der Waals surface area contributed by atoms with Crippen LogP contribution in [0.4, 0.5) is 13.2 Å². The molecule has 7 nitrogen and oxygen atoms in total. The van der Waals surface area contributed by atoms with E-state index in [-0.39, 0.29) is 18.3 Å². The van der Waals surface area contributed by atoms with Crippen molar-refractivity contribution in [2.45, 2.75) is 25.0 Å². The van der Waals surface area contributed by atoms with Crippen LogP contribution >= 0.6 is 0 Å². The van der Waals surface area contributed by atoms with E-state index in [0.29, 0.717) is 5.69 Å². The molecule has 11 heteroatoms. The minimum atomic E-state index is -4.57. The SMILES string of the molecule is CC(NCc1cccc(Oc2cc(C(F)(F)F)nn2C)n1)S(C)(=O)=O. The first-order valence-corrected chi connectivity index (χ1v) is 9.09. The van der Waals surface area contributed by atoms with Gasteiger partial charge in [0.2, 0.25) is 11.8 Å². The third-order valence-corrected chi connectivity index (χ3v) is 4.78. The quantitative estimate of drug-likeness (QED) is 0.829. The Morgan fingerprint density at radius 1 is 1.36 bits per heavy atom. The highest BCUT2D eigenvalue weighted by Gasteiger charge is 2.35. The average molecular weight is 378 g/mol. The maximum absolute atomic E-state index is 12.7. The first kappa shape index (κ1) is 19.2. The van der Waals surface area contributed by atoms with Gasteiger partial charge in [0.15, 0.2) is 15.5 Å². The molecule has 1 N–H and O–H groups in total. The van der Waals surface area contributed by atoms with Crippen molar-refractivity contribution in [1.29, 1.82) is 0 Å². The standard InChI is InChI=1S/C14H17F3N4O3S/c1-9(25(3,22)23)18-8-10-5-4-6-12(19-10)24-13-7-11(14(15,16)17)20-21(13)2/h4-7,9,18H,8H2,1-3H3. The summed E-state index contributed by atoms with van der Waals surface area (Å²) in [6.45, 7) is 1.66. The van der Waals surface area contributed by atoms with Gasteiger partial charge >= 0.3 is 6.18 Å². The van der Waals surface area contributed by atoms with E-state index in [9.17, 15) is 21.6 Å². The predicted molar refractivity (Wildman–Crippen MR) is 83.7 cm³/mol. The zero-order valence-electron chi connectivity index (χ0n) is 13.7. The number of hydrogen-bond acceptors (Lipinski definition) is 6. The smallest absolute Gasteiger partial charge is 0.421 e. The molecule has 2 aromatic rings. The molecule has 0 aliphatic carbocycles. The zero-order chi connectivity index (χ0) is 18.8. The lowest BCUT2D eigenvalue weighted by molar-refractivity contribution is -0.141. The summed E-state index contributed by atoms with van der Waals surface area (Å²) in [5.41, 5.74) is -0.587. The highest BCUT2D eigenvalue weighted by molar-refractivity contribution is 7.91. The third kappa shape index (κ3) is 5.16. The number of nitrogens with zero attached hydrogens (tertiary/aromatic N) is 3. The molecular formula is C14H17F3N4O3S. The van der Waals surface area contributed by atoms with Crippen LogP contribution in [0.2, 0.25) is 0 Å². The number of rotatable bonds is 6. The Kier molecular flexibility index (Phi) is 5.37. The topological polar surface area (TPSA) is 86.1 Å². The Morgan fingerprint density at radius 3 is 2.60 bits per heavy atom. The van der Waals surface area contributed by atoms with Crippen molar-refractivity contribution < 1.29 is 26.3 Å². The lowest BCUT2D eigenvalue weighted by atomic mass is 10.3. The van der Waals surface area contributed by atoms with Gasteiger partial charge in [0.25, 0.3) is 0 Å². The molecule has 0 aliphatic rings. The van der Waals surface area contributed by atoms with Gasteiger partial charge in [-0.3, -0.25) is 5.32 Å². The molecule has 0 bridgehead atoms. The van der Waals surface area contributed by atoms with Crippen LogP contribution in [0.25, 0.3) is 0 Å². The van der Waals surface area contributed by atoms with Crippen molar-refractivity contribution in [1.82, 2.24) is 20.1 Å². The molecule has 2 aromatic heterocycles. The molecule has 0 aromatic carbocycles. The van der Waals surface area contributed by atoms with E-state index in [1.54, 1.807) is 12.1 Å². The molecule has 138 valence electrons. The van der Waals surface area contributed by atoms with Crippen molar-refractivity contribution in [3.8, 4) is 11.8 Å². The summed E-state index contributed by atoms with van der Waals surface area (Å²) in [6.07, 6.45) is -3.46. The van der Waals surface area contributed by atoms with Gasteiger partial charge in [-0.2, -0.15) is 18.3 Å². The van der Waals surface area contributed by atoms with Crippen LogP contribution < -0.4 is 10.1 Å². The predicted octanol–water partition coefficient (Wildman–Crippen LogP) is 2.11. The summed E-state index contributed by atoms with van der Waals surface area (Å²) in [5, 5.41) is 5.38. The number of halogens is 3. The Morgan fingerprint density at radius 2 is 2.04 bits per heavy atom. The van der Waals surface area contributed by atoms with Crippen LogP contribution in [0.1, 0.15) is 18.3 Å². The van der Waals surface area contributed by atoms with Crippen molar-refractivity contribution in [3.63, 3.8) is 0 Å². The average Bonchev–Trinajstić information content (AvgIpc) is 2.85. The van der Waals surface area contributed by atoms with Crippen LogP contribution in [0, 0.1) is 0 Å². The van der Waals surface area contributed by atoms with Crippen molar-refractivity contribution >= 4 is 9.84 Å². The molecule has 1 unspecified atom stereocenters. The molecule has 0 saturated heterocycles. The Labute approximate surface area is 142 Å². The van der Waals surface area contributed by atoms with Gasteiger partial charge in [-0.05, 0) is 13.0 Å². The van der Waals surface area contributed by atoms with E-state index in [0.717, 1.165) is 17.0 Å². The summed E-state index contributed by atoms with van der Waals surface area (Å²) in [7, 11) is -1.91.